The number of pyridine rings is 2. The summed E-state index contributed by atoms with van der Waals surface area (Å²) in [5.74, 6) is -0.271. The molecule has 0 saturated carbocycles. The number of fused-ring (bicyclic) bond motifs is 2. The van der Waals surface area contributed by atoms with Gasteiger partial charge in [-0.3, -0.25) is 20.1 Å². The molecule has 7 nitrogen and oxygen atoms in total. The highest BCUT2D eigenvalue weighted by Crippen LogP contribution is 2.34. The molecule has 8 heteroatoms. The molecule has 154 valence electrons. The third kappa shape index (κ3) is 3.01. The lowest BCUT2D eigenvalue weighted by Gasteiger charge is -2.05. The number of aryl methyl sites for hydroxylation is 1. The average Bonchev–Trinajstić information content (AvgIpc) is 3.42. The molecule has 2 N–H and O–H groups in total. The smallest absolute Gasteiger partial charge is 0.135 e. The van der Waals surface area contributed by atoms with Gasteiger partial charge < -0.3 is 4.98 Å². The van der Waals surface area contributed by atoms with Gasteiger partial charge in [-0.1, -0.05) is 6.07 Å². The van der Waals surface area contributed by atoms with Crippen molar-refractivity contribution in [1.82, 2.24) is 35.1 Å². The van der Waals surface area contributed by atoms with E-state index in [0.717, 1.165) is 44.3 Å². The lowest BCUT2D eigenvalue weighted by atomic mass is 10.0. The Hall–Kier alpha value is -4.46. The van der Waals surface area contributed by atoms with Crippen LogP contribution in [0.3, 0.4) is 0 Å². The number of rotatable bonds is 3. The molecule has 0 atom stereocenters. The Morgan fingerprint density at radius 2 is 1.81 bits per heavy atom. The van der Waals surface area contributed by atoms with E-state index in [2.05, 4.69) is 30.1 Å². The van der Waals surface area contributed by atoms with Crippen LogP contribution in [0.15, 0.2) is 67.4 Å². The first-order valence-corrected chi connectivity index (χ1v) is 10.0. The van der Waals surface area contributed by atoms with Crippen LogP contribution in [0.2, 0.25) is 0 Å². The summed E-state index contributed by atoms with van der Waals surface area (Å²) in [6.07, 6.45) is 8.44. The lowest BCUT2D eigenvalue weighted by molar-refractivity contribution is 0.627. The van der Waals surface area contributed by atoms with Gasteiger partial charge in [-0.2, -0.15) is 5.10 Å². The number of halogens is 1. The summed E-state index contributed by atoms with van der Waals surface area (Å²) in [5, 5.41) is 8.46. The summed E-state index contributed by atoms with van der Waals surface area (Å²) in [5.41, 5.74) is 7.71. The van der Waals surface area contributed by atoms with Gasteiger partial charge in [0.25, 0.3) is 0 Å². The highest BCUT2D eigenvalue weighted by atomic mass is 19.1. The number of hydrogen-bond donors (Lipinski definition) is 2. The molecule has 6 aromatic rings. The molecule has 0 bridgehead atoms. The van der Waals surface area contributed by atoms with Crippen LogP contribution in [-0.4, -0.2) is 35.1 Å². The summed E-state index contributed by atoms with van der Waals surface area (Å²) in [4.78, 5) is 21.0. The first kappa shape index (κ1) is 18.3. The van der Waals surface area contributed by atoms with Crippen molar-refractivity contribution in [3.8, 4) is 33.9 Å². The SMILES string of the molecule is Cc1cc(F)cc(-c2cncc3[nH]c(-c4n[nH]c5ccc(-c6cnccn6)nc45)cc23)c1. The molecule has 1 aromatic carbocycles. The minimum atomic E-state index is -0.271. The lowest BCUT2D eigenvalue weighted by Crippen LogP contribution is -1.89. The topological polar surface area (TPSA) is 96.0 Å². The van der Waals surface area contributed by atoms with E-state index in [-0.39, 0.29) is 5.82 Å². The third-order valence-electron chi connectivity index (χ3n) is 5.39. The fourth-order valence-corrected chi connectivity index (χ4v) is 3.96. The van der Waals surface area contributed by atoms with Gasteiger partial charge in [0.1, 0.15) is 22.7 Å². The van der Waals surface area contributed by atoms with E-state index in [9.17, 15) is 4.39 Å². The van der Waals surface area contributed by atoms with Crippen molar-refractivity contribution < 1.29 is 4.39 Å². The van der Waals surface area contributed by atoms with Crippen LogP contribution in [0.1, 0.15) is 5.56 Å². The highest BCUT2D eigenvalue weighted by molar-refractivity contribution is 6.00. The predicted octanol–water partition coefficient (Wildman–Crippen LogP) is 5.07. The number of H-pyrrole nitrogens is 2. The Balaban J connectivity index is 1.52. The third-order valence-corrected chi connectivity index (χ3v) is 5.39. The van der Waals surface area contributed by atoms with Crippen LogP contribution in [0.25, 0.3) is 55.8 Å². The number of nitrogens with zero attached hydrogens (tertiary/aromatic N) is 5. The molecule has 0 radical (unpaired) electrons. The van der Waals surface area contributed by atoms with E-state index in [4.69, 9.17) is 4.98 Å². The van der Waals surface area contributed by atoms with Gasteiger partial charge in [-0.25, -0.2) is 9.37 Å². The van der Waals surface area contributed by atoms with Crippen molar-refractivity contribution in [2.45, 2.75) is 6.92 Å². The summed E-state index contributed by atoms with van der Waals surface area (Å²) in [7, 11) is 0. The van der Waals surface area contributed by atoms with Gasteiger partial charge >= 0.3 is 0 Å². The quantitative estimate of drug-likeness (QED) is 0.416. The molecule has 0 spiro atoms. The summed E-state index contributed by atoms with van der Waals surface area (Å²) >= 11 is 0. The number of aromatic amines is 2. The van der Waals surface area contributed by atoms with E-state index in [1.165, 1.54) is 12.1 Å². The number of aromatic nitrogens is 7. The zero-order valence-electron chi connectivity index (χ0n) is 17.0. The van der Waals surface area contributed by atoms with Gasteiger partial charge in [0.2, 0.25) is 0 Å². The van der Waals surface area contributed by atoms with Crippen molar-refractivity contribution in [2.24, 2.45) is 0 Å². The maximum Gasteiger partial charge on any atom is 0.135 e. The maximum atomic E-state index is 14.0. The predicted molar refractivity (Wildman–Crippen MR) is 120 cm³/mol. The minimum absolute atomic E-state index is 0.271. The first-order chi connectivity index (χ1) is 15.7. The summed E-state index contributed by atoms with van der Waals surface area (Å²) < 4.78 is 14.0. The number of hydrogen-bond acceptors (Lipinski definition) is 5. The van der Waals surface area contributed by atoms with Crippen LogP contribution in [0, 0.1) is 12.7 Å². The minimum Gasteiger partial charge on any atom is -0.352 e. The van der Waals surface area contributed by atoms with Gasteiger partial charge in [-0.15, -0.1) is 0 Å². The van der Waals surface area contributed by atoms with Crippen LogP contribution >= 0.6 is 0 Å². The average molecular weight is 421 g/mol. The first-order valence-electron chi connectivity index (χ1n) is 10.0. The monoisotopic (exact) mass is 421 g/mol. The molecule has 5 aromatic heterocycles. The molecule has 0 aliphatic rings. The van der Waals surface area contributed by atoms with Crippen molar-refractivity contribution in [3.05, 3.63) is 78.8 Å². The largest absolute Gasteiger partial charge is 0.352 e. The van der Waals surface area contributed by atoms with Crippen molar-refractivity contribution in [1.29, 1.82) is 0 Å². The van der Waals surface area contributed by atoms with Gasteiger partial charge in [-0.05, 0) is 48.4 Å². The normalized spacial score (nSPS) is 11.4. The second-order valence-corrected chi connectivity index (χ2v) is 7.60. The van der Waals surface area contributed by atoms with Gasteiger partial charge in [0, 0.05) is 29.5 Å². The van der Waals surface area contributed by atoms with Crippen LogP contribution in [0.5, 0.6) is 0 Å². The second kappa shape index (κ2) is 7.05. The van der Waals surface area contributed by atoms with Crippen molar-refractivity contribution in [2.75, 3.05) is 0 Å². The van der Waals surface area contributed by atoms with Crippen LogP contribution < -0.4 is 0 Å². The standard InChI is InChI=1S/C24H16FN7/c1-13-6-14(8-15(25)7-13)17-10-27-11-21-16(17)9-20(29-21)24-23-19(31-32-24)3-2-18(30-23)22-12-26-4-5-28-22/h2-12,29H,1H3,(H,31,32). The Morgan fingerprint density at radius 3 is 2.66 bits per heavy atom. The molecule has 0 aliphatic carbocycles. The molecular formula is C24H16FN7. The fraction of sp³-hybridized carbons (Fsp3) is 0.0417. The molecular weight excluding hydrogens is 405 g/mol. The molecule has 0 aliphatic heterocycles. The van der Waals surface area contributed by atoms with E-state index >= 15 is 0 Å². The Kier molecular flexibility index (Phi) is 4.04. The van der Waals surface area contributed by atoms with E-state index in [1.807, 2.05) is 31.2 Å². The second-order valence-electron chi connectivity index (χ2n) is 7.60. The Morgan fingerprint density at radius 1 is 0.875 bits per heavy atom. The summed E-state index contributed by atoms with van der Waals surface area (Å²) in [6, 6.07) is 10.8. The van der Waals surface area contributed by atoms with Crippen molar-refractivity contribution in [3.63, 3.8) is 0 Å². The number of nitrogens with one attached hydrogen (secondary N) is 2. The van der Waals surface area contributed by atoms with Crippen LogP contribution in [-0.2, 0) is 0 Å². The molecule has 0 amide bonds. The number of benzene rings is 1. The van der Waals surface area contributed by atoms with Gasteiger partial charge in [0.15, 0.2) is 0 Å². The van der Waals surface area contributed by atoms with E-state index in [1.54, 1.807) is 31.0 Å². The summed E-state index contributed by atoms with van der Waals surface area (Å²) in [6.45, 7) is 1.87. The molecule has 0 unspecified atom stereocenters. The Bertz CT molecular complexity index is 1580. The van der Waals surface area contributed by atoms with Crippen molar-refractivity contribution >= 4 is 21.9 Å². The molecule has 6 rings (SSSR count). The molecule has 5 heterocycles. The fourth-order valence-electron chi connectivity index (χ4n) is 3.96. The Labute approximate surface area is 181 Å². The van der Waals surface area contributed by atoms with Gasteiger partial charge in [0.05, 0.1) is 34.8 Å². The zero-order valence-corrected chi connectivity index (χ0v) is 17.0. The molecule has 0 saturated heterocycles. The van der Waals surface area contributed by atoms with E-state index < -0.39 is 0 Å². The molecule has 0 fully saturated rings. The zero-order chi connectivity index (χ0) is 21.7. The molecule has 32 heavy (non-hydrogen) atoms. The van der Waals surface area contributed by atoms with Crippen LogP contribution in [0.4, 0.5) is 4.39 Å². The maximum absolute atomic E-state index is 14.0. The highest BCUT2D eigenvalue weighted by Gasteiger charge is 2.16. The van der Waals surface area contributed by atoms with E-state index in [0.29, 0.717) is 17.1 Å².